The van der Waals surface area contributed by atoms with Crippen LogP contribution in [0.2, 0.25) is 0 Å². The van der Waals surface area contributed by atoms with E-state index in [0.717, 1.165) is 31.5 Å². The molecule has 0 N–H and O–H groups in total. The number of anilines is 1. The molecule has 0 saturated heterocycles. The molecule has 2 rings (SSSR count). The van der Waals surface area contributed by atoms with Gasteiger partial charge in [-0.15, -0.1) is 0 Å². The predicted molar refractivity (Wildman–Crippen MR) is 147 cm³/mol. The van der Waals surface area contributed by atoms with Crippen molar-refractivity contribution in [1.82, 2.24) is 0 Å². The van der Waals surface area contributed by atoms with Crippen molar-refractivity contribution in [3.63, 3.8) is 0 Å². The van der Waals surface area contributed by atoms with Gasteiger partial charge in [0.25, 0.3) is 0 Å². The van der Waals surface area contributed by atoms with Crippen molar-refractivity contribution in [1.29, 1.82) is 0 Å². The number of hydrogen-bond acceptors (Lipinski definition) is 4. The molecule has 2 aromatic rings. The largest absolute Gasteiger partial charge is 1.00 e. The summed E-state index contributed by atoms with van der Waals surface area (Å²) in [4.78, 5) is 15.0. The van der Waals surface area contributed by atoms with Gasteiger partial charge in [-0.05, 0) is 61.2 Å². The van der Waals surface area contributed by atoms with Crippen LogP contribution in [-0.4, -0.2) is 25.5 Å². The number of nitrogens with zero attached hydrogens (tertiary/aromatic N) is 1. The summed E-state index contributed by atoms with van der Waals surface area (Å²) in [7, 11) is 0. The SMILES string of the molecule is CCCCCCCCOc1ccc(C(=O)/C=C/c2ccc(N(CCCC)CCCC)cc2)c([O-])c1.[Na+]. The van der Waals surface area contributed by atoms with Crippen LogP contribution in [0.1, 0.15) is 101 Å². The zero-order chi connectivity index (χ0) is 25.3. The Morgan fingerprint density at radius 2 is 1.44 bits per heavy atom. The fourth-order valence-corrected chi connectivity index (χ4v) is 3.99. The van der Waals surface area contributed by atoms with Crippen LogP contribution in [-0.2, 0) is 0 Å². The maximum atomic E-state index is 12.6. The summed E-state index contributed by atoms with van der Waals surface area (Å²) in [6.45, 7) is 9.37. The third-order valence-corrected chi connectivity index (χ3v) is 6.23. The number of rotatable bonds is 18. The molecule has 0 unspecified atom stereocenters. The van der Waals surface area contributed by atoms with Gasteiger partial charge in [0.15, 0.2) is 5.78 Å². The summed E-state index contributed by atoms with van der Waals surface area (Å²) >= 11 is 0. The number of ketones is 1. The Morgan fingerprint density at radius 1 is 0.833 bits per heavy atom. The molecule has 0 radical (unpaired) electrons. The molecule has 0 atom stereocenters. The predicted octanol–water partition coefficient (Wildman–Crippen LogP) is 4.81. The van der Waals surface area contributed by atoms with Crippen LogP contribution >= 0.6 is 0 Å². The van der Waals surface area contributed by atoms with Crippen LogP contribution in [0.3, 0.4) is 0 Å². The molecule has 0 spiro atoms. The Morgan fingerprint density at radius 3 is 2.06 bits per heavy atom. The Hall–Kier alpha value is -1.75. The van der Waals surface area contributed by atoms with E-state index in [0.29, 0.717) is 12.4 Å². The second-order valence-electron chi connectivity index (χ2n) is 9.26. The van der Waals surface area contributed by atoms with Crippen molar-refractivity contribution in [2.45, 2.75) is 85.0 Å². The van der Waals surface area contributed by atoms with Crippen LogP contribution in [0.5, 0.6) is 11.5 Å². The van der Waals surface area contributed by atoms with Gasteiger partial charge in [0.05, 0.1) is 6.61 Å². The van der Waals surface area contributed by atoms with E-state index in [1.165, 1.54) is 69.2 Å². The average Bonchev–Trinajstić information content (AvgIpc) is 2.87. The topological polar surface area (TPSA) is 52.6 Å². The summed E-state index contributed by atoms with van der Waals surface area (Å²) in [6.07, 6.45) is 15.1. The second kappa shape index (κ2) is 19.4. The first-order valence-electron chi connectivity index (χ1n) is 13.6. The number of ether oxygens (including phenoxy) is 1. The molecule has 5 heteroatoms. The van der Waals surface area contributed by atoms with E-state index >= 15 is 0 Å². The first-order valence-corrected chi connectivity index (χ1v) is 13.6. The van der Waals surface area contributed by atoms with Gasteiger partial charge in [0.2, 0.25) is 0 Å². The fraction of sp³-hybridized carbons (Fsp3) is 0.516. The summed E-state index contributed by atoms with van der Waals surface area (Å²) in [5, 5.41) is 12.5. The normalized spacial score (nSPS) is 10.9. The standard InChI is InChI=1S/C31H45NO3.Na/c1-4-7-10-11-12-13-24-35-28-19-20-29(31(34)25-28)30(33)21-16-26-14-17-27(18-15-26)32(22-8-5-2)23-9-6-3;/h14-21,25,34H,4-13,22-24H2,1-3H3;/q;+1/p-1/b21-16+;. The van der Waals surface area contributed by atoms with Crippen LogP contribution in [0, 0.1) is 0 Å². The van der Waals surface area contributed by atoms with E-state index in [2.05, 4.69) is 37.8 Å². The molecule has 0 heterocycles. The first-order chi connectivity index (χ1) is 17.1. The summed E-state index contributed by atoms with van der Waals surface area (Å²) in [6, 6.07) is 13.0. The molecule has 0 fully saturated rings. The summed E-state index contributed by atoms with van der Waals surface area (Å²) in [5.41, 5.74) is 2.34. The number of unbranched alkanes of at least 4 members (excludes halogenated alkanes) is 7. The molecule has 4 nitrogen and oxygen atoms in total. The number of carbonyl (C=O) groups excluding carboxylic acids is 1. The van der Waals surface area contributed by atoms with Gasteiger partial charge >= 0.3 is 29.6 Å². The van der Waals surface area contributed by atoms with Gasteiger partial charge < -0.3 is 14.7 Å². The van der Waals surface area contributed by atoms with E-state index in [4.69, 9.17) is 4.74 Å². The van der Waals surface area contributed by atoms with Crippen molar-refractivity contribution < 1.29 is 44.2 Å². The van der Waals surface area contributed by atoms with Crippen LogP contribution in [0.15, 0.2) is 48.5 Å². The third kappa shape index (κ3) is 12.0. The van der Waals surface area contributed by atoms with Gasteiger partial charge in [-0.2, -0.15) is 0 Å². The Bertz CT molecular complexity index is 887. The molecular formula is C31H44NNaO3. The molecule has 0 amide bonds. The van der Waals surface area contributed by atoms with Crippen LogP contribution in [0.25, 0.3) is 6.08 Å². The minimum absolute atomic E-state index is 0. The minimum atomic E-state index is -0.294. The number of allylic oxidation sites excluding steroid dienone is 1. The quantitative estimate of drug-likeness (QED) is 0.127. The molecule has 2 aromatic carbocycles. The maximum Gasteiger partial charge on any atom is 1.00 e. The minimum Gasteiger partial charge on any atom is -0.872 e. The molecule has 36 heavy (non-hydrogen) atoms. The van der Waals surface area contributed by atoms with Gasteiger partial charge in [-0.3, -0.25) is 4.79 Å². The molecule has 0 aromatic heterocycles. The van der Waals surface area contributed by atoms with Crippen molar-refractivity contribution in [3.8, 4) is 11.5 Å². The van der Waals surface area contributed by atoms with Gasteiger partial charge in [0.1, 0.15) is 5.75 Å². The number of benzene rings is 2. The van der Waals surface area contributed by atoms with E-state index in [9.17, 15) is 9.90 Å². The van der Waals surface area contributed by atoms with E-state index in [-0.39, 0.29) is 46.7 Å². The van der Waals surface area contributed by atoms with Gasteiger partial charge in [-0.1, -0.05) is 89.7 Å². The molecule has 0 saturated carbocycles. The Kier molecular flexibility index (Phi) is 17.4. The van der Waals surface area contributed by atoms with Gasteiger partial charge in [0, 0.05) is 24.3 Å². The van der Waals surface area contributed by atoms with Crippen molar-refractivity contribution in [2.24, 2.45) is 0 Å². The monoisotopic (exact) mass is 501 g/mol. The van der Waals surface area contributed by atoms with E-state index < -0.39 is 0 Å². The zero-order valence-electron chi connectivity index (χ0n) is 23.1. The Balaban J connectivity index is 0.00000648. The number of carbonyl (C=O) groups is 1. The van der Waals surface area contributed by atoms with Gasteiger partial charge in [-0.25, -0.2) is 0 Å². The van der Waals surface area contributed by atoms with Crippen molar-refractivity contribution >= 4 is 17.5 Å². The van der Waals surface area contributed by atoms with Crippen molar-refractivity contribution in [3.05, 3.63) is 59.7 Å². The molecule has 0 bridgehead atoms. The smallest absolute Gasteiger partial charge is 0.872 e. The average molecular weight is 502 g/mol. The zero-order valence-corrected chi connectivity index (χ0v) is 25.1. The van der Waals surface area contributed by atoms with E-state index in [1.54, 1.807) is 18.2 Å². The van der Waals surface area contributed by atoms with Crippen LogP contribution < -0.4 is 44.3 Å². The molecule has 192 valence electrons. The first kappa shape index (κ1) is 32.3. The third-order valence-electron chi connectivity index (χ3n) is 6.23. The van der Waals surface area contributed by atoms with Crippen molar-refractivity contribution in [2.75, 3.05) is 24.6 Å². The molecular weight excluding hydrogens is 457 g/mol. The summed E-state index contributed by atoms with van der Waals surface area (Å²) < 4.78 is 5.70. The molecule has 0 aliphatic carbocycles. The molecule has 0 aliphatic rings. The maximum absolute atomic E-state index is 12.6. The van der Waals surface area contributed by atoms with E-state index in [1.807, 2.05) is 12.1 Å². The summed E-state index contributed by atoms with van der Waals surface area (Å²) in [5.74, 6) is -0.0395. The Labute approximate surface area is 241 Å². The fourth-order valence-electron chi connectivity index (χ4n) is 3.99. The number of hydrogen-bond donors (Lipinski definition) is 0. The second-order valence-corrected chi connectivity index (χ2v) is 9.26. The van der Waals surface area contributed by atoms with Crippen LogP contribution in [0.4, 0.5) is 5.69 Å². The molecule has 0 aliphatic heterocycles.